The van der Waals surface area contributed by atoms with Crippen molar-refractivity contribution in [2.45, 2.75) is 13.0 Å². The fourth-order valence-electron chi connectivity index (χ4n) is 2.27. The number of thiophene rings is 1. The van der Waals surface area contributed by atoms with Gasteiger partial charge in [-0.05, 0) is 51.2 Å². The van der Waals surface area contributed by atoms with Crippen LogP contribution in [-0.4, -0.2) is 5.11 Å². The smallest absolute Gasteiger partial charge is 0.113 e. The van der Waals surface area contributed by atoms with Gasteiger partial charge in [0.15, 0.2) is 0 Å². The minimum atomic E-state index is -0.565. The Morgan fingerprint density at radius 2 is 1.57 bits per heavy atom. The second-order valence-corrected chi connectivity index (χ2v) is 7.40. The molecule has 0 aliphatic rings. The monoisotopic (exact) mass is 358 g/mol. The van der Waals surface area contributed by atoms with E-state index in [9.17, 15) is 5.11 Å². The van der Waals surface area contributed by atoms with Crippen molar-refractivity contribution in [1.82, 2.24) is 0 Å². The van der Waals surface area contributed by atoms with Crippen LogP contribution in [0.3, 0.4) is 0 Å². The van der Waals surface area contributed by atoms with Gasteiger partial charge in [0, 0.05) is 4.88 Å². The largest absolute Gasteiger partial charge is 0.383 e. The van der Waals surface area contributed by atoms with Gasteiger partial charge in [0.2, 0.25) is 0 Å². The maximum Gasteiger partial charge on any atom is 0.113 e. The molecule has 2 aromatic carbocycles. The lowest BCUT2D eigenvalue weighted by atomic mass is 10.0. The van der Waals surface area contributed by atoms with Gasteiger partial charge in [0.05, 0.1) is 3.79 Å². The normalized spacial score (nSPS) is 12.3. The van der Waals surface area contributed by atoms with Crippen LogP contribution in [0.1, 0.15) is 22.1 Å². The third kappa shape index (κ3) is 3.10. The molecule has 0 saturated heterocycles. The highest BCUT2D eigenvalue weighted by Crippen LogP contribution is 2.34. The number of hydrogen-bond donors (Lipinski definition) is 1. The van der Waals surface area contributed by atoms with Gasteiger partial charge in [-0.3, -0.25) is 0 Å². The molecule has 0 saturated carbocycles. The highest BCUT2D eigenvalue weighted by atomic mass is 79.9. The lowest BCUT2D eigenvalue weighted by Crippen LogP contribution is -1.96. The molecule has 1 atom stereocenters. The molecule has 0 radical (unpaired) electrons. The summed E-state index contributed by atoms with van der Waals surface area (Å²) in [6.45, 7) is 2.04. The van der Waals surface area contributed by atoms with Crippen LogP contribution >= 0.6 is 27.3 Å². The first-order chi connectivity index (χ1) is 10.1. The van der Waals surface area contributed by atoms with Gasteiger partial charge >= 0.3 is 0 Å². The summed E-state index contributed by atoms with van der Waals surface area (Å²) in [7, 11) is 0. The van der Waals surface area contributed by atoms with E-state index in [0.717, 1.165) is 25.4 Å². The van der Waals surface area contributed by atoms with Crippen LogP contribution in [-0.2, 0) is 0 Å². The summed E-state index contributed by atoms with van der Waals surface area (Å²) in [5.41, 5.74) is 4.43. The van der Waals surface area contributed by atoms with Gasteiger partial charge in [-0.25, -0.2) is 0 Å². The molecule has 1 heterocycles. The Balaban J connectivity index is 1.87. The molecule has 1 aromatic heterocycles. The Hall–Kier alpha value is -1.42. The van der Waals surface area contributed by atoms with Gasteiger partial charge in [-0.1, -0.05) is 54.6 Å². The Bertz CT molecular complexity index is 712. The van der Waals surface area contributed by atoms with Crippen molar-refractivity contribution in [2.75, 3.05) is 0 Å². The van der Waals surface area contributed by atoms with E-state index in [1.807, 2.05) is 43.3 Å². The summed E-state index contributed by atoms with van der Waals surface area (Å²) in [5, 5.41) is 10.5. The number of hydrogen-bond acceptors (Lipinski definition) is 2. The number of benzene rings is 2. The average molecular weight is 359 g/mol. The lowest BCUT2D eigenvalue weighted by molar-refractivity contribution is 0.224. The summed E-state index contributed by atoms with van der Waals surface area (Å²) in [5.74, 6) is 0. The lowest BCUT2D eigenvalue weighted by Gasteiger charge is -2.10. The third-order valence-corrected chi connectivity index (χ3v) is 5.67. The highest BCUT2D eigenvalue weighted by molar-refractivity contribution is 9.11. The third-order valence-electron chi connectivity index (χ3n) is 3.48. The number of aliphatic hydroxyl groups is 1. The van der Waals surface area contributed by atoms with Crippen molar-refractivity contribution in [1.29, 1.82) is 0 Å². The Morgan fingerprint density at radius 1 is 0.952 bits per heavy atom. The number of aliphatic hydroxyl groups excluding tert-OH is 1. The summed E-state index contributed by atoms with van der Waals surface area (Å²) < 4.78 is 1.08. The molecule has 0 bridgehead atoms. The van der Waals surface area contributed by atoms with E-state index in [4.69, 9.17) is 0 Å². The van der Waals surface area contributed by atoms with Crippen LogP contribution in [0.5, 0.6) is 0 Å². The molecule has 0 fully saturated rings. The first-order valence-corrected chi connectivity index (χ1v) is 8.35. The van der Waals surface area contributed by atoms with E-state index in [0.29, 0.717) is 0 Å². The zero-order chi connectivity index (χ0) is 14.8. The summed E-state index contributed by atoms with van der Waals surface area (Å²) >= 11 is 5.09. The van der Waals surface area contributed by atoms with E-state index in [2.05, 4.69) is 40.2 Å². The topological polar surface area (TPSA) is 20.2 Å². The Morgan fingerprint density at radius 3 is 2.14 bits per heavy atom. The minimum absolute atomic E-state index is 0.565. The van der Waals surface area contributed by atoms with E-state index in [1.54, 1.807) is 11.3 Å². The summed E-state index contributed by atoms with van der Waals surface area (Å²) in [6, 6.07) is 20.4. The molecule has 3 rings (SSSR count). The zero-order valence-corrected chi connectivity index (χ0v) is 14.0. The molecule has 3 aromatic rings. The fraction of sp³-hybridized carbons (Fsp3) is 0.111. The van der Waals surface area contributed by atoms with Crippen LogP contribution in [0.2, 0.25) is 0 Å². The maximum absolute atomic E-state index is 10.5. The van der Waals surface area contributed by atoms with Crippen molar-refractivity contribution < 1.29 is 5.11 Å². The molecule has 0 amide bonds. The molecule has 1 unspecified atom stereocenters. The van der Waals surface area contributed by atoms with Gasteiger partial charge in [0.25, 0.3) is 0 Å². The van der Waals surface area contributed by atoms with Crippen molar-refractivity contribution >= 4 is 27.3 Å². The molecule has 21 heavy (non-hydrogen) atoms. The van der Waals surface area contributed by atoms with Crippen molar-refractivity contribution in [3.63, 3.8) is 0 Å². The SMILES string of the molecule is Cc1cc(C(O)c2ccc(-c3ccccc3)cc2)sc1Br. The Kier molecular flexibility index (Phi) is 4.24. The van der Waals surface area contributed by atoms with Gasteiger partial charge in [-0.15, -0.1) is 11.3 Å². The predicted octanol–water partition coefficient (Wildman–Crippen LogP) is 5.57. The second-order valence-electron chi connectivity index (χ2n) is 5.00. The standard InChI is InChI=1S/C18H15BrOS/c1-12-11-16(21-18(12)19)17(20)15-9-7-14(8-10-15)13-5-3-2-4-6-13/h2-11,17,20H,1H3. The van der Waals surface area contributed by atoms with E-state index >= 15 is 0 Å². The predicted molar refractivity (Wildman–Crippen MR) is 92.7 cm³/mol. The zero-order valence-electron chi connectivity index (χ0n) is 11.6. The molecule has 1 N–H and O–H groups in total. The van der Waals surface area contributed by atoms with Crippen molar-refractivity contribution in [3.8, 4) is 11.1 Å². The van der Waals surface area contributed by atoms with Gasteiger partial charge < -0.3 is 5.11 Å². The fourth-order valence-corrected chi connectivity index (χ4v) is 3.86. The minimum Gasteiger partial charge on any atom is -0.383 e. The number of halogens is 1. The van der Waals surface area contributed by atoms with E-state index < -0.39 is 6.10 Å². The number of rotatable bonds is 3. The molecular formula is C18H15BrOS. The van der Waals surface area contributed by atoms with Gasteiger partial charge in [0.1, 0.15) is 6.10 Å². The Labute approximate surface area is 137 Å². The quantitative estimate of drug-likeness (QED) is 0.648. The van der Waals surface area contributed by atoms with Crippen LogP contribution in [0.25, 0.3) is 11.1 Å². The maximum atomic E-state index is 10.5. The molecule has 1 nitrogen and oxygen atoms in total. The summed E-state index contributed by atoms with van der Waals surface area (Å²) in [4.78, 5) is 0.965. The van der Waals surface area contributed by atoms with E-state index in [-0.39, 0.29) is 0 Å². The first kappa shape index (κ1) is 14.5. The van der Waals surface area contributed by atoms with Crippen molar-refractivity contribution in [2.24, 2.45) is 0 Å². The molecular weight excluding hydrogens is 344 g/mol. The van der Waals surface area contributed by atoms with Crippen LogP contribution < -0.4 is 0 Å². The van der Waals surface area contributed by atoms with Crippen LogP contribution in [0.15, 0.2) is 64.5 Å². The molecule has 0 aliphatic carbocycles. The van der Waals surface area contributed by atoms with Crippen molar-refractivity contribution in [3.05, 3.63) is 80.5 Å². The van der Waals surface area contributed by atoms with Crippen LogP contribution in [0, 0.1) is 6.92 Å². The average Bonchev–Trinajstić information content (AvgIpc) is 2.87. The van der Waals surface area contributed by atoms with Gasteiger partial charge in [-0.2, -0.15) is 0 Å². The second kappa shape index (κ2) is 6.14. The van der Waals surface area contributed by atoms with Crippen LogP contribution in [0.4, 0.5) is 0 Å². The van der Waals surface area contributed by atoms with E-state index in [1.165, 1.54) is 5.56 Å². The molecule has 106 valence electrons. The molecule has 3 heteroatoms. The summed E-state index contributed by atoms with van der Waals surface area (Å²) in [6.07, 6.45) is -0.565. The number of aryl methyl sites for hydroxylation is 1. The molecule has 0 spiro atoms. The molecule has 0 aliphatic heterocycles. The highest BCUT2D eigenvalue weighted by Gasteiger charge is 2.14. The first-order valence-electron chi connectivity index (χ1n) is 6.74.